The van der Waals surface area contributed by atoms with Crippen LogP contribution in [-0.4, -0.2) is 0 Å². The molecule has 4 aromatic carbocycles. The van der Waals surface area contributed by atoms with Gasteiger partial charge in [0.1, 0.15) is 0 Å². The number of fused-ring (bicyclic) bond motifs is 8. The van der Waals surface area contributed by atoms with E-state index in [-0.39, 0.29) is 0 Å². The van der Waals surface area contributed by atoms with Crippen LogP contribution in [-0.2, 0) is 0 Å². The minimum Gasteiger partial charge on any atom is -0.135 e. The Morgan fingerprint density at radius 1 is 0.636 bits per heavy atom. The van der Waals surface area contributed by atoms with Crippen molar-refractivity contribution in [1.82, 2.24) is 0 Å². The van der Waals surface area contributed by atoms with Gasteiger partial charge < -0.3 is 0 Å². The molecule has 0 radical (unpaired) electrons. The molecule has 0 unspecified atom stereocenters. The fourth-order valence-corrected chi connectivity index (χ4v) is 5.12. The first-order valence-corrected chi connectivity index (χ1v) is 9.14. The van der Waals surface area contributed by atoms with Crippen LogP contribution in [0.1, 0.15) is 0 Å². The molecule has 0 spiro atoms. The van der Waals surface area contributed by atoms with E-state index >= 15 is 0 Å². The Balaban J connectivity index is 2.22. The summed E-state index contributed by atoms with van der Waals surface area (Å²) in [6.45, 7) is 0. The van der Waals surface area contributed by atoms with E-state index in [1.807, 2.05) is 11.3 Å². The molecule has 104 valence electrons. The molecule has 0 atom stereocenters. The minimum absolute atomic E-state index is 1.29. The summed E-state index contributed by atoms with van der Waals surface area (Å²) < 4.78 is 4.07. The smallest absolute Gasteiger partial charge is 0.0440 e. The fraction of sp³-hybridized carbons (Fsp3) is 0. The van der Waals surface area contributed by atoms with Crippen LogP contribution in [0.2, 0.25) is 0 Å². The third kappa shape index (κ3) is 1.68. The highest BCUT2D eigenvalue weighted by molar-refractivity contribution is 14.1. The summed E-state index contributed by atoms with van der Waals surface area (Å²) in [5, 5.41) is 8.23. The molecule has 0 saturated carbocycles. The predicted octanol–water partition coefficient (Wildman–Crippen LogP) is 6.97. The van der Waals surface area contributed by atoms with E-state index in [4.69, 9.17) is 0 Å². The van der Waals surface area contributed by atoms with Gasteiger partial charge in [0, 0.05) is 29.1 Å². The molecule has 0 aliphatic heterocycles. The number of hydrogen-bond donors (Lipinski definition) is 0. The van der Waals surface area contributed by atoms with Crippen LogP contribution in [0.25, 0.3) is 41.7 Å². The maximum Gasteiger partial charge on any atom is 0.0440 e. The molecule has 0 aliphatic carbocycles. The molecular weight excluding hydrogens is 399 g/mol. The molecule has 0 bridgehead atoms. The summed E-state index contributed by atoms with van der Waals surface area (Å²) in [6.07, 6.45) is 0. The van der Waals surface area contributed by atoms with Gasteiger partial charge in [0.15, 0.2) is 0 Å². The number of thiophene rings is 1. The second-order valence-electron chi connectivity index (χ2n) is 5.54. The van der Waals surface area contributed by atoms with Gasteiger partial charge >= 0.3 is 0 Å². The zero-order valence-electron chi connectivity index (χ0n) is 11.6. The number of hydrogen-bond acceptors (Lipinski definition) is 1. The van der Waals surface area contributed by atoms with Crippen LogP contribution < -0.4 is 0 Å². The Morgan fingerprint density at radius 2 is 1.36 bits per heavy atom. The van der Waals surface area contributed by atoms with E-state index in [2.05, 4.69) is 89.3 Å². The lowest BCUT2D eigenvalue weighted by atomic mass is 9.97. The summed E-state index contributed by atoms with van der Waals surface area (Å²) >= 11 is 4.31. The molecule has 0 N–H and O–H groups in total. The van der Waals surface area contributed by atoms with Gasteiger partial charge in [-0.05, 0) is 56.9 Å². The maximum absolute atomic E-state index is 2.40. The van der Waals surface area contributed by atoms with E-state index in [0.717, 1.165) is 0 Å². The Hall–Kier alpha value is -1.65. The second kappa shape index (κ2) is 4.67. The average molecular weight is 410 g/mol. The van der Waals surface area contributed by atoms with E-state index in [1.54, 1.807) is 0 Å². The Morgan fingerprint density at radius 3 is 2.23 bits per heavy atom. The maximum atomic E-state index is 2.40. The number of benzene rings is 4. The van der Waals surface area contributed by atoms with Crippen molar-refractivity contribution < 1.29 is 0 Å². The summed E-state index contributed by atoms with van der Waals surface area (Å²) in [5.41, 5.74) is 0. The quantitative estimate of drug-likeness (QED) is 0.191. The number of halogens is 1. The predicted molar refractivity (Wildman–Crippen MR) is 107 cm³/mol. The van der Waals surface area contributed by atoms with Crippen molar-refractivity contribution >= 4 is 75.6 Å². The summed E-state index contributed by atoms with van der Waals surface area (Å²) in [7, 11) is 0. The average Bonchev–Trinajstić information content (AvgIpc) is 2.94. The number of rotatable bonds is 0. The van der Waals surface area contributed by atoms with Crippen LogP contribution in [0.15, 0.2) is 66.7 Å². The van der Waals surface area contributed by atoms with Gasteiger partial charge in [-0.25, -0.2) is 0 Å². The molecule has 22 heavy (non-hydrogen) atoms. The Labute approximate surface area is 145 Å². The lowest BCUT2D eigenvalue weighted by Crippen LogP contribution is -1.81. The van der Waals surface area contributed by atoms with E-state index < -0.39 is 0 Å². The van der Waals surface area contributed by atoms with Crippen molar-refractivity contribution in [2.75, 3.05) is 0 Å². The van der Waals surface area contributed by atoms with Crippen LogP contribution in [0, 0.1) is 3.57 Å². The largest absolute Gasteiger partial charge is 0.135 e. The second-order valence-corrected chi connectivity index (χ2v) is 7.84. The topological polar surface area (TPSA) is 0 Å². The molecule has 0 saturated heterocycles. The molecule has 0 nitrogen and oxygen atoms in total. The van der Waals surface area contributed by atoms with Crippen molar-refractivity contribution in [3.8, 4) is 0 Å². The highest BCUT2D eigenvalue weighted by Gasteiger charge is 2.13. The first-order chi connectivity index (χ1) is 10.8. The molecule has 1 heterocycles. The van der Waals surface area contributed by atoms with Crippen molar-refractivity contribution in [3.05, 3.63) is 70.3 Å². The van der Waals surface area contributed by atoms with Gasteiger partial charge in [0.25, 0.3) is 0 Å². The molecule has 5 rings (SSSR count). The van der Waals surface area contributed by atoms with Gasteiger partial charge in [-0.3, -0.25) is 0 Å². The van der Waals surface area contributed by atoms with Crippen molar-refractivity contribution in [1.29, 1.82) is 0 Å². The van der Waals surface area contributed by atoms with Crippen LogP contribution >= 0.6 is 33.9 Å². The lowest BCUT2D eigenvalue weighted by Gasteiger charge is -2.07. The zero-order chi connectivity index (χ0) is 14.7. The first kappa shape index (κ1) is 12.9. The summed E-state index contributed by atoms with van der Waals surface area (Å²) in [4.78, 5) is 0. The van der Waals surface area contributed by atoms with Crippen molar-refractivity contribution in [2.45, 2.75) is 0 Å². The van der Waals surface area contributed by atoms with Gasteiger partial charge in [0.05, 0.1) is 0 Å². The van der Waals surface area contributed by atoms with Crippen molar-refractivity contribution in [2.24, 2.45) is 0 Å². The van der Waals surface area contributed by atoms with E-state index in [0.29, 0.717) is 0 Å². The lowest BCUT2D eigenvalue weighted by molar-refractivity contribution is 1.75. The molecule has 2 heteroatoms. The molecule has 1 aromatic heterocycles. The molecular formula is C20H11IS. The molecule has 0 amide bonds. The summed E-state index contributed by atoms with van der Waals surface area (Å²) in [5.74, 6) is 0. The zero-order valence-corrected chi connectivity index (χ0v) is 14.6. The highest BCUT2D eigenvalue weighted by atomic mass is 127. The monoisotopic (exact) mass is 410 g/mol. The Kier molecular flexibility index (Phi) is 2.73. The highest BCUT2D eigenvalue weighted by Crippen LogP contribution is 2.43. The standard InChI is InChI=1S/C20H11IS/c21-12-9-10-15-17(11-12)13-5-1-2-6-14(13)19-16-7-3-4-8-18(16)22-20(15)19/h1-11H. The Bertz CT molecular complexity index is 1180. The van der Waals surface area contributed by atoms with Crippen LogP contribution in [0.3, 0.4) is 0 Å². The fourth-order valence-electron chi connectivity index (χ4n) is 3.38. The van der Waals surface area contributed by atoms with Gasteiger partial charge in [0.2, 0.25) is 0 Å². The molecule has 5 aromatic rings. The SMILES string of the molecule is Ic1ccc2c(c1)c1ccccc1c1c3ccccc3sc21. The molecule has 0 fully saturated rings. The van der Waals surface area contributed by atoms with Crippen molar-refractivity contribution in [3.63, 3.8) is 0 Å². The molecule has 0 aliphatic rings. The normalized spacial score (nSPS) is 11.9. The third-order valence-electron chi connectivity index (χ3n) is 4.31. The van der Waals surface area contributed by atoms with Crippen LogP contribution in [0.5, 0.6) is 0 Å². The van der Waals surface area contributed by atoms with E-state index in [9.17, 15) is 0 Å². The van der Waals surface area contributed by atoms with Gasteiger partial charge in [-0.1, -0.05) is 48.5 Å². The van der Waals surface area contributed by atoms with Gasteiger partial charge in [-0.2, -0.15) is 0 Å². The van der Waals surface area contributed by atoms with Crippen LogP contribution in [0.4, 0.5) is 0 Å². The van der Waals surface area contributed by atoms with Gasteiger partial charge in [-0.15, -0.1) is 11.3 Å². The first-order valence-electron chi connectivity index (χ1n) is 7.24. The van der Waals surface area contributed by atoms with E-state index in [1.165, 1.54) is 45.3 Å². The third-order valence-corrected chi connectivity index (χ3v) is 6.18. The summed E-state index contributed by atoms with van der Waals surface area (Å²) in [6, 6.07) is 24.3. The minimum atomic E-state index is 1.29.